The van der Waals surface area contributed by atoms with Gasteiger partial charge in [0.05, 0.1) is 0 Å². The first-order valence-electron chi connectivity index (χ1n) is 12.1. The highest BCUT2D eigenvalue weighted by Gasteiger charge is 2.15. The maximum atomic E-state index is 12.7. The largest absolute Gasteiger partial charge is 1.00 e. The predicted octanol–water partition coefficient (Wildman–Crippen LogP) is 1.15. The minimum atomic E-state index is -0.275. The number of nitrogens with zero attached hydrogens (tertiary/aromatic N) is 1. The highest BCUT2D eigenvalue weighted by molar-refractivity contribution is 6.05. The Labute approximate surface area is 228 Å². The molecule has 194 valence electrons. The van der Waals surface area contributed by atoms with Gasteiger partial charge in [-0.1, -0.05) is 54.1 Å². The summed E-state index contributed by atoms with van der Waals surface area (Å²) < 4.78 is 1.65. The monoisotopic (exact) mass is 528 g/mol. The molecule has 4 rings (SSSR count). The highest BCUT2D eigenvalue weighted by atomic mass is 35.5. The summed E-state index contributed by atoms with van der Waals surface area (Å²) >= 11 is 0. The Bertz CT molecular complexity index is 1390. The van der Waals surface area contributed by atoms with E-state index in [-0.39, 0.29) is 36.7 Å². The van der Waals surface area contributed by atoms with E-state index in [1.165, 1.54) is 0 Å². The first-order valence-corrected chi connectivity index (χ1v) is 12.1. The van der Waals surface area contributed by atoms with Gasteiger partial charge in [0.1, 0.15) is 5.56 Å². The zero-order chi connectivity index (χ0) is 26.0. The van der Waals surface area contributed by atoms with E-state index in [4.69, 9.17) is 0 Å². The number of carbonyl (C=O) groups is 3. The molecular weight excluding hydrogens is 500 g/mol. The van der Waals surface area contributed by atoms with Crippen molar-refractivity contribution in [3.63, 3.8) is 0 Å². The summed E-state index contributed by atoms with van der Waals surface area (Å²) in [6.45, 7) is 2.52. The summed E-state index contributed by atoms with van der Waals surface area (Å²) in [5, 5.41) is 8.58. The van der Waals surface area contributed by atoms with Gasteiger partial charge in [0.25, 0.3) is 17.7 Å². The molecule has 0 fully saturated rings. The van der Waals surface area contributed by atoms with Crippen LogP contribution in [0.2, 0.25) is 0 Å². The number of anilines is 2. The van der Waals surface area contributed by atoms with Gasteiger partial charge in [-0.15, -0.1) is 0 Å². The van der Waals surface area contributed by atoms with Crippen LogP contribution < -0.4 is 32.9 Å². The molecule has 3 aromatic carbocycles. The van der Waals surface area contributed by atoms with Crippen molar-refractivity contribution in [3.8, 4) is 0 Å². The van der Waals surface area contributed by atoms with Gasteiger partial charge in [-0.05, 0) is 55.3 Å². The second-order valence-corrected chi connectivity index (χ2v) is 8.71. The molecule has 8 heteroatoms. The van der Waals surface area contributed by atoms with Crippen LogP contribution in [0.5, 0.6) is 0 Å². The maximum absolute atomic E-state index is 12.7. The van der Waals surface area contributed by atoms with Crippen LogP contribution in [0.15, 0.2) is 103 Å². The number of aromatic nitrogens is 1. The average Bonchev–Trinajstić information content (AvgIpc) is 2.91. The molecule has 1 aromatic heterocycles. The van der Waals surface area contributed by atoms with Gasteiger partial charge in [-0.2, -0.15) is 4.57 Å². The number of aryl methyl sites for hydroxylation is 1. The van der Waals surface area contributed by atoms with Crippen molar-refractivity contribution in [1.82, 2.24) is 5.32 Å². The number of halogens is 1. The Morgan fingerprint density at radius 2 is 1.47 bits per heavy atom. The number of amides is 3. The minimum Gasteiger partial charge on any atom is -1.00 e. The molecule has 0 bridgehead atoms. The SMILES string of the molecule is Cc1ccc(NC(=O)c2cccc(NC(=O)C[n+]3cccc(C(=O)NCCc4ccccc4)c3)c2)cc1.[Cl-]. The van der Waals surface area contributed by atoms with Gasteiger partial charge in [0, 0.05) is 29.5 Å². The van der Waals surface area contributed by atoms with Crippen LogP contribution >= 0.6 is 0 Å². The van der Waals surface area contributed by atoms with Crippen molar-refractivity contribution in [3.05, 3.63) is 126 Å². The molecule has 7 nitrogen and oxygen atoms in total. The van der Waals surface area contributed by atoms with Crippen LogP contribution in [0.25, 0.3) is 0 Å². The van der Waals surface area contributed by atoms with E-state index in [9.17, 15) is 14.4 Å². The lowest BCUT2D eigenvalue weighted by Gasteiger charge is -2.08. The minimum absolute atomic E-state index is 0. The molecule has 0 aliphatic rings. The van der Waals surface area contributed by atoms with Gasteiger partial charge in [-0.3, -0.25) is 14.4 Å². The molecule has 0 unspecified atom stereocenters. The Morgan fingerprint density at radius 1 is 0.737 bits per heavy atom. The van der Waals surface area contributed by atoms with Crippen molar-refractivity contribution in [2.75, 3.05) is 17.2 Å². The lowest BCUT2D eigenvalue weighted by atomic mass is 10.1. The summed E-state index contributed by atoms with van der Waals surface area (Å²) in [5.74, 6) is -0.735. The zero-order valence-corrected chi connectivity index (χ0v) is 21.7. The number of rotatable bonds is 9. The van der Waals surface area contributed by atoms with Crippen LogP contribution in [0.3, 0.4) is 0 Å². The Kier molecular flexibility index (Phi) is 10.1. The van der Waals surface area contributed by atoms with E-state index in [1.54, 1.807) is 53.4 Å². The molecule has 3 N–H and O–H groups in total. The predicted molar refractivity (Wildman–Crippen MR) is 143 cm³/mol. The van der Waals surface area contributed by atoms with Crippen molar-refractivity contribution in [1.29, 1.82) is 0 Å². The van der Waals surface area contributed by atoms with Crippen LogP contribution in [0.4, 0.5) is 11.4 Å². The van der Waals surface area contributed by atoms with E-state index >= 15 is 0 Å². The molecule has 38 heavy (non-hydrogen) atoms. The lowest BCUT2D eigenvalue weighted by molar-refractivity contribution is -0.684. The highest BCUT2D eigenvalue weighted by Crippen LogP contribution is 2.14. The third kappa shape index (κ3) is 8.28. The summed E-state index contributed by atoms with van der Waals surface area (Å²) in [6, 6.07) is 27.7. The van der Waals surface area contributed by atoms with Crippen LogP contribution in [0, 0.1) is 6.92 Å². The molecule has 0 saturated carbocycles. The van der Waals surface area contributed by atoms with Crippen molar-refractivity contribution in [2.45, 2.75) is 19.9 Å². The van der Waals surface area contributed by atoms with E-state index in [0.29, 0.717) is 29.0 Å². The van der Waals surface area contributed by atoms with E-state index in [2.05, 4.69) is 16.0 Å². The summed E-state index contributed by atoms with van der Waals surface area (Å²) in [6.07, 6.45) is 4.11. The first kappa shape index (κ1) is 28.1. The first-order chi connectivity index (χ1) is 18.0. The van der Waals surface area contributed by atoms with Crippen LogP contribution in [-0.2, 0) is 17.8 Å². The number of nitrogens with one attached hydrogen (secondary N) is 3. The number of hydrogen-bond acceptors (Lipinski definition) is 3. The summed E-state index contributed by atoms with van der Waals surface area (Å²) in [4.78, 5) is 37.8. The number of pyridine rings is 1. The fourth-order valence-corrected chi connectivity index (χ4v) is 3.77. The second-order valence-electron chi connectivity index (χ2n) is 8.71. The molecule has 0 radical (unpaired) electrons. The number of hydrogen-bond donors (Lipinski definition) is 3. The molecule has 4 aromatic rings. The molecule has 0 aliphatic carbocycles. The Morgan fingerprint density at radius 3 is 2.24 bits per heavy atom. The molecule has 1 heterocycles. The molecule has 3 amide bonds. The smallest absolute Gasteiger partial charge is 0.290 e. The van der Waals surface area contributed by atoms with Crippen LogP contribution in [0.1, 0.15) is 31.8 Å². The third-order valence-corrected chi connectivity index (χ3v) is 5.71. The quantitative estimate of drug-likeness (QED) is 0.285. The van der Waals surface area contributed by atoms with Crippen molar-refractivity contribution >= 4 is 29.1 Å². The fraction of sp³-hybridized carbons (Fsp3) is 0.133. The zero-order valence-electron chi connectivity index (χ0n) is 21.0. The van der Waals surface area contributed by atoms with Crippen LogP contribution in [-0.4, -0.2) is 24.3 Å². The van der Waals surface area contributed by atoms with Gasteiger partial charge >= 0.3 is 0 Å². The van der Waals surface area contributed by atoms with Crippen molar-refractivity contribution in [2.24, 2.45) is 0 Å². The van der Waals surface area contributed by atoms with E-state index in [0.717, 1.165) is 17.5 Å². The fourth-order valence-electron chi connectivity index (χ4n) is 3.77. The normalized spacial score (nSPS) is 10.1. The van der Waals surface area contributed by atoms with Gasteiger partial charge in [0.2, 0.25) is 6.54 Å². The molecule has 0 aliphatic heterocycles. The van der Waals surface area contributed by atoms with Crippen molar-refractivity contribution < 1.29 is 31.4 Å². The summed E-state index contributed by atoms with van der Waals surface area (Å²) in [5.41, 5.74) is 4.37. The van der Waals surface area contributed by atoms with E-state index < -0.39 is 0 Å². The van der Waals surface area contributed by atoms with Gasteiger partial charge < -0.3 is 28.4 Å². The van der Waals surface area contributed by atoms with Gasteiger partial charge in [0.15, 0.2) is 12.4 Å². The lowest BCUT2D eigenvalue weighted by Crippen LogP contribution is -3.00. The second kappa shape index (κ2) is 13.7. The third-order valence-electron chi connectivity index (χ3n) is 5.71. The Hall–Kier alpha value is -4.49. The average molecular weight is 529 g/mol. The number of carbonyl (C=O) groups excluding carboxylic acids is 3. The summed E-state index contributed by atoms with van der Waals surface area (Å²) in [7, 11) is 0. The molecule has 0 spiro atoms. The molecular formula is C30H29ClN4O3. The standard InChI is InChI=1S/C30H28N4O3.ClH/c1-22-12-14-26(15-13-22)33-30(37)24-9-5-11-27(19-24)32-28(35)21-34-18-6-10-25(20-34)29(36)31-17-16-23-7-3-2-4-8-23;/h2-15,18-20H,16-17,21H2,1H3,(H2-,31,32,33,35,36,37);1H. The van der Waals surface area contributed by atoms with Gasteiger partial charge in [-0.25, -0.2) is 0 Å². The number of benzene rings is 3. The van der Waals surface area contributed by atoms with E-state index in [1.807, 2.05) is 61.5 Å². The molecule has 0 saturated heterocycles. The Balaban J connectivity index is 0.00000400. The maximum Gasteiger partial charge on any atom is 0.290 e. The molecule has 0 atom stereocenters. The topological polar surface area (TPSA) is 91.2 Å².